The largest absolute Gasteiger partial charge is 0.441 e. The van der Waals surface area contributed by atoms with Crippen LogP contribution >= 0.6 is 0 Å². The lowest BCUT2D eigenvalue weighted by molar-refractivity contribution is 0.0949. The van der Waals surface area contributed by atoms with Gasteiger partial charge in [0.15, 0.2) is 0 Å². The molecule has 35 heavy (non-hydrogen) atoms. The van der Waals surface area contributed by atoms with Gasteiger partial charge in [-0.2, -0.15) is 0 Å². The molecule has 2 aliphatic heterocycles. The third-order valence-corrected chi connectivity index (χ3v) is 7.07. The van der Waals surface area contributed by atoms with Crippen molar-refractivity contribution in [1.82, 2.24) is 20.1 Å². The molecule has 7 nitrogen and oxygen atoms in total. The molecule has 5 rings (SSSR count). The molecule has 2 fully saturated rings. The van der Waals surface area contributed by atoms with Gasteiger partial charge in [-0.25, -0.2) is 4.98 Å². The van der Waals surface area contributed by atoms with Gasteiger partial charge in [0.2, 0.25) is 5.89 Å². The van der Waals surface area contributed by atoms with Gasteiger partial charge in [-0.15, -0.1) is 0 Å². The molecule has 3 aromatic rings. The minimum absolute atomic E-state index is 0.0327. The number of para-hydroxylation sites is 1. The normalized spacial score (nSPS) is 17.1. The first-order valence-corrected chi connectivity index (χ1v) is 12.8. The van der Waals surface area contributed by atoms with Crippen LogP contribution in [0.25, 0.3) is 11.5 Å². The van der Waals surface area contributed by atoms with Crippen molar-refractivity contribution in [3.05, 3.63) is 71.6 Å². The third-order valence-electron chi connectivity index (χ3n) is 7.07. The van der Waals surface area contributed by atoms with Crippen LogP contribution in [0, 0.1) is 6.92 Å². The molecule has 2 aliphatic rings. The number of rotatable bonds is 8. The number of aryl methyl sites for hydroxylation is 1. The first-order chi connectivity index (χ1) is 17.2. The average Bonchev–Trinajstić information content (AvgIpc) is 3.55. The van der Waals surface area contributed by atoms with E-state index in [9.17, 15) is 4.79 Å². The zero-order valence-corrected chi connectivity index (χ0v) is 20.6. The number of nitrogens with zero attached hydrogens (tertiary/aromatic N) is 4. The Hall–Kier alpha value is -3.16. The number of hydrogen-bond donors (Lipinski definition) is 1. The van der Waals surface area contributed by atoms with Gasteiger partial charge in [-0.3, -0.25) is 9.69 Å². The van der Waals surface area contributed by atoms with E-state index in [2.05, 4.69) is 50.3 Å². The maximum atomic E-state index is 12.5. The molecule has 1 aromatic heterocycles. The van der Waals surface area contributed by atoms with Crippen molar-refractivity contribution >= 4 is 11.6 Å². The van der Waals surface area contributed by atoms with Crippen LogP contribution in [0.15, 0.2) is 59.0 Å². The van der Waals surface area contributed by atoms with E-state index in [0.717, 1.165) is 69.4 Å². The lowest BCUT2D eigenvalue weighted by Crippen LogP contribution is -2.46. The van der Waals surface area contributed by atoms with E-state index < -0.39 is 0 Å². The van der Waals surface area contributed by atoms with E-state index in [1.54, 1.807) is 0 Å². The molecule has 2 aromatic carbocycles. The molecule has 0 saturated carbocycles. The first kappa shape index (κ1) is 23.6. The fraction of sp³-hybridized carbons (Fsp3) is 0.429. The standard InChI is InChI=1S/C28H35N5O2/c1-22-26(21-32-17-19-33(20-18-32)25-7-3-2-4-8-25)30-28(35-22)24-11-9-23(10-12-24)27(34)29-13-16-31-14-5-6-15-31/h2-4,7-12H,5-6,13-21H2,1H3,(H,29,34). The number of hydrogen-bond acceptors (Lipinski definition) is 6. The number of oxazole rings is 1. The highest BCUT2D eigenvalue weighted by Crippen LogP contribution is 2.24. The van der Waals surface area contributed by atoms with Crippen molar-refractivity contribution in [1.29, 1.82) is 0 Å². The molecule has 0 unspecified atom stereocenters. The Morgan fingerprint density at radius 1 is 0.914 bits per heavy atom. The number of anilines is 1. The Labute approximate surface area is 207 Å². The average molecular weight is 474 g/mol. The second-order valence-corrected chi connectivity index (χ2v) is 9.50. The Kier molecular flexibility index (Phi) is 7.45. The fourth-order valence-electron chi connectivity index (χ4n) is 4.91. The quantitative estimate of drug-likeness (QED) is 0.537. The van der Waals surface area contributed by atoms with E-state index >= 15 is 0 Å². The van der Waals surface area contributed by atoms with Crippen LogP contribution in [0.1, 0.15) is 34.7 Å². The summed E-state index contributed by atoms with van der Waals surface area (Å²) in [7, 11) is 0. The lowest BCUT2D eigenvalue weighted by atomic mass is 10.1. The number of piperazine rings is 1. The molecular weight excluding hydrogens is 438 g/mol. The molecule has 0 radical (unpaired) electrons. The monoisotopic (exact) mass is 473 g/mol. The highest BCUT2D eigenvalue weighted by molar-refractivity contribution is 5.94. The van der Waals surface area contributed by atoms with Crippen molar-refractivity contribution in [2.75, 3.05) is 57.3 Å². The predicted molar refractivity (Wildman–Crippen MR) is 139 cm³/mol. The number of carbonyl (C=O) groups is 1. The molecule has 184 valence electrons. The Morgan fingerprint density at radius 3 is 2.34 bits per heavy atom. The summed E-state index contributed by atoms with van der Waals surface area (Å²) in [5.41, 5.74) is 3.82. The zero-order valence-electron chi connectivity index (χ0n) is 20.6. The van der Waals surface area contributed by atoms with Gasteiger partial charge < -0.3 is 19.5 Å². The number of likely N-dealkylation sites (tertiary alicyclic amines) is 1. The Balaban J connectivity index is 1.14. The van der Waals surface area contributed by atoms with Crippen molar-refractivity contribution < 1.29 is 9.21 Å². The van der Waals surface area contributed by atoms with Gasteiger partial charge in [0, 0.05) is 62.6 Å². The van der Waals surface area contributed by atoms with Gasteiger partial charge in [-0.05, 0) is 69.3 Å². The number of amides is 1. The molecule has 1 N–H and O–H groups in total. The molecule has 7 heteroatoms. The van der Waals surface area contributed by atoms with Crippen LogP contribution in [0.4, 0.5) is 5.69 Å². The van der Waals surface area contributed by atoms with E-state index in [4.69, 9.17) is 9.40 Å². The van der Waals surface area contributed by atoms with Gasteiger partial charge in [0.1, 0.15) is 5.76 Å². The van der Waals surface area contributed by atoms with Crippen LogP contribution in [0.5, 0.6) is 0 Å². The van der Waals surface area contributed by atoms with E-state index in [1.165, 1.54) is 18.5 Å². The van der Waals surface area contributed by atoms with E-state index in [0.29, 0.717) is 18.0 Å². The molecule has 0 bridgehead atoms. The molecule has 1 amide bonds. The molecule has 0 spiro atoms. The summed E-state index contributed by atoms with van der Waals surface area (Å²) >= 11 is 0. The summed E-state index contributed by atoms with van der Waals surface area (Å²) < 4.78 is 6.00. The number of benzene rings is 2. The molecule has 3 heterocycles. The SMILES string of the molecule is Cc1oc(-c2ccc(C(=O)NCCN3CCCC3)cc2)nc1CN1CCN(c2ccccc2)CC1. The predicted octanol–water partition coefficient (Wildman–Crippen LogP) is 3.80. The minimum atomic E-state index is -0.0327. The topological polar surface area (TPSA) is 64.9 Å². The smallest absolute Gasteiger partial charge is 0.251 e. The molecule has 2 saturated heterocycles. The number of aromatic nitrogens is 1. The Morgan fingerprint density at radius 2 is 1.63 bits per heavy atom. The summed E-state index contributed by atoms with van der Waals surface area (Å²) in [6.07, 6.45) is 2.53. The number of nitrogens with one attached hydrogen (secondary N) is 1. The summed E-state index contributed by atoms with van der Waals surface area (Å²) in [4.78, 5) is 24.5. The summed E-state index contributed by atoms with van der Waals surface area (Å²) in [6.45, 7) is 10.7. The zero-order chi connectivity index (χ0) is 24.0. The maximum absolute atomic E-state index is 12.5. The van der Waals surface area contributed by atoms with Crippen molar-refractivity contribution in [3.8, 4) is 11.5 Å². The van der Waals surface area contributed by atoms with Crippen molar-refractivity contribution in [2.24, 2.45) is 0 Å². The molecule has 0 aliphatic carbocycles. The van der Waals surface area contributed by atoms with Crippen LogP contribution < -0.4 is 10.2 Å². The molecule has 0 atom stereocenters. The van der Waals surface area contributed by atoms with Gasteiger partial charge in [-0.1, -0.05) is 18.2 Å². The first-order valence-electron chi connectivity index (χ1n) is 12.8. The minimum Gasteiger partial charge on any atom is -0.441 e. The van der Waals surface area contributed by atoms with Gasteiger partial charge >= 0.3 is 0 Å². The maximum Gasteiger partial charge on any atom is 0.251 e. The van der Waals surface area contributed by atoms with Crippen molar-refractivity contribution in [2.45, 2.75) is 26.3 Å². The number of carbonyl (C=O) groups excluding carboxylic acids is 1. The van der Waals surface area contributed by atoms with Crippen LogP contribution in [-0.4, -0.2) is 73.0 Å². The van der Waals surface area contributed by atoms with Crippen LogP contribution in [0.2, 0.25) is 0 Å². The molecular formula is C28H35N5O2. The second-order valence-electron chi connectivity index (χ2n) is 9.50. The second kappa shape index (κ2) is 11.1. The summed E-state index contributed by atoms with van der Waals surface area (Å²) in [6, 6.07) is 18.1. The van der Waals surface area contributed by atoms with Gasteiger partial charge in [0.05, 0.1) is 5.69 Å². The third kappa shape index (κ3) is 5.92. The summed E-state index contributed by atoms with van der Waals surface area (Å²) in [5.74, 6) is 1.44. The van der Waals surface area contributed by atoms with Crippen LogP contribution in [-0.2, 0) is 6.54 Å². The fourth-order valence-corrected chi connectivity index (χ4v) is 4.91. The van der Waals surface area contributed by atoms with E-state index in [-0.39, 0.29) is 5.91 Å². The summed E-state index contributed by atoms with van der Waals surface area (Å²) in [5, 5.41) is 3.03. The Bertz CT molecular complexity index is 1100. The lowest BCUT2D eigenvalue weighted by Gasteiger charge is -2.35. The van der Waals surface area contributed by atoms with Crippen LogP contribution in [0.3, 0.4) is 0 Å². The van der Waals surface area contributed by atoms with Crippen molar-refractivity contribution in [3.63, 3.8) is 0 Å². The highest BCUT2D eigenvalue weighted by atomic mass is 16.4. The highest BCUT2D eigenvalue weighted by Gasteiger charge is 2.20. The van der Waals surface area contributed by atoms with E-state index in [1.807, 2.05) is 31.2 Å². The van der Waals surface area contributed by atoms with Gasteiger partial charge in [0.25, 0.3) is 5.91 Å².